The van der Waals surface area contributed by atoms with Crippen LogP contribution >= 0.6 is 0 Å². The van der Waals surface area contributed by atoms with Gasteiger partial charge in [-0.05, 0) is 36.9 Å². The maximum atomic E-state index is 9.80. The summed E-state index contributed by atoms with van der Waals surface area (Å²) in [4.78, 5) is 5.03. The average molecular weight is 288 g/mol. The highest BCUT2D eigenvalue weighted by Gasteiger charge is 2.37. The van der Waals surface area contributed by atoms with Crippen molar-refractivity contribution in [3.8, 4) is 0 Å². The molecule has 3 nitrogen and oxygen atoms in total. The van der Waals surface area contributed by atoms with E-state index in [1.165, 1.54) is 24.1 Å². The molecule has 1 N–H and O–H groups in total. The smallest absolute Gasteiger partial charge is 0.0702 e. The number of benzene rings is 1. The molecule has 21 heavy (non-hydrogen) atoms. The van der Waals surface area contributed by atoms with Gasteiger partial charge in [-0.3, -0.25) is 4.90 Å². The first-order chi connectivity index (χ1) is 9.90. The Bertz CT molecular complexity index is 506. The molecule has 3 heteroatoms. The Kier molecular flexibility index (Phi) is 3.74. The Hall–Kier alpha value is -1.06. The van der Waals surface area contributed by atoms with Crippen molar-refractivity contribution in [1.29, 1.82) is 0 Å². The molecular weight excluding hydrogens is 260 g/mol. The number of rotatable bonds is 2. The summed E-state index contributed by atoms with van der Waals surface area (Å²) in [5.41, 5.74) is 3.73. The van der Waals surface area contributed by atoms with E-state index in [1.54, 1.807) is 0 Å². The lowest BCUT2D eigenvalue weighted by Crippen LogP contribution is -2.52. The highest BCUT2D eigenvalue weighted by molar-refractivity contribution is 5.56. The maximum absolute atomic E-state index is 9.80. The number of aliphatic hydroxyl groups is 1. The predicted molar refractivity (Wildman–Crippen MR) is 87.9 cm³/mol. The lowest BCUT2D eigenvalue weighted by atomic mass is 9.86. The summed E-state index contributed by atoms with van der Waals surface area (Å²) in [5, 5.41) is 9.80. The van der Waals surface area contributed by atoms with E-state index in [2.05, 4.69) is 55.8 Å². The van der Waals surface area contributed by atoms with Crippen LogP contribution in [0.1, 0.15) is 44.7 Å². The van der Waals surface area contributed by atoms with Crippen molar-refractivity contribution >= 4 is 5.69 Å². The quantitative estimate of drug-likeness (QED) is 0.906. The van der Waals surface area contributed by atoms with Gasteiger partial charge in [0, 0.05) is 36.4 Å². The molecule has 0 radical (unpaired) electrons. The fourth-order valence-electron chi connectivity index (χ4n) is 3.80. The largest absolute Gasteiger partial charge is 0.392 e. The molecule has 0 amide bonds. The van der Waals surface area contributed by atoms with E-state index in [0.29, 0.717) is 12.1 Å². The minimum atomic E-state index is 0.126. The third kappa shape index (κ3) is 2.69. The van der Waals surface area contributed by atoms with Gasteiger partial charge in [-0.2, -0.15) is 0 Å². The third-order valence-electron chi connectivity index (χ3n) is 5.30. The van der Waals surface area contributed by atoms with E-state index >= 15 is 0 Å². The topological polar surface area (TPSA) is 26.7 Å². The number of anilines is 1. The zero-order valence-electron chi connectivity index (χ0n) is 13.8. The van der Waals surface area contributed by atoms with Gasteiger partial charge in [-0.1, -0.05) is 32.9 Å². The van der Waals surface area contributed by atoms with Gasteiger partial charge >= 0.3 is 0 Å². The van der Waals surface area contributed by atoms with Crippen LogP contribution in [0.25, 0.3) is 0 Å². The standard InChI is InChI=1S/C18H28N2O/c1-18(2,3)14-5-8-17(13(9-14)12-21)20-10-15-6-7-16(11-20)19(15)4/h5,8-9,15-16,21H,6-7,10-12H2,1-4H3. The number of piperazine rings is 1. The Morgan fingerprint density at radius 1 is 1.14 bits per heavy atom. The summed E-state index contributed by atoms with van der Waals surface area (Å²) < 4.78 is 0. The van der Waals surface area contributed by atoms with Gasteiger partial charge in [-0.25, -0.2) is 0 Å². The molecule has 3 rings (SSSR count). The van der Waals surface area contributed by atoms with Crippen molar-refractivity contribution in [3.05, 3.63) is 29.3 Å². The first-order valence-corrected chi connectivity index (χ1v) is 8.11. The molecule has 0 saturated carbocycles. The second-order valence-corrected chi connectivity index (χ2v) is 7.71. The first kappa shape index (κ1) is 14.9. The van der Waals surface area contributed by atoms with Crippen LogP contribution in [-0.2, 0) is 12.0 Å². The number of nitrogens with zero attached hydrogens (tertiary/aromatic N) is 2. The van der Waals surface area contributed by atoms with Crippen molar-refractivity contribution in [2.24, 2.45) is 0 Å². The second-order valence-electron chi connectivity index (χ2n) is 7.71. The summed E-state index contributed by atoms with van der Waals surface area (Å²) in [6, 6.07) is 8.00. The van der Waals surface area contributed by atoms with E-state index < -0.39 is 0 Å². The van der Waals surface area contributed by atoms with Crippen LogP contribution in [0.4, 0.5) is 5.69 Å². The monoisotopic (exact) mass is 288 g/mol. The van der Waals surface area contributed by atoms with E-state index in [-0.39, 0.29) is 12.0 Å². The number of hydrogen-bond donors (Lipinski definition) is 1. The average Bonchev–Trinajstić information content (AvgIpc) is 2.66. The fourth-order valence-corrected chi connectivity index (χ4v) is 3.80. The zero-order chi connectivity index (χ0) is 15.2. The highest BCUT2D eigenvalue weighted by Crippen LogP contribution is 2.34. The summed E-state index contributed by atoms with van der Waals surface area (Å²) in [6.07, 6.45) is 2.62. The van der Waals surface area contributed by atoms with Gasteiger partial charge in [-0.15, -0.1) is 0 Å². The predicted octanol–water partition coefficient (Wildman–Crippen LogP) is 2.76. The van der Waals surface area contributed by atoms with Gasteiger partial charge in [0.1, 0.15) is 0 Å². The Balaban J connectivity index is 1.89. The zero-order valence-corrected chi connectivity index (χ0v) is 13.8. The van der Waals surface area contributed by atoms with Crippen LogP contribution in [0.2, 0.25) is 0 Å². The van der Waals surface area contributed by atoms with E-state index in [4.69, 9.17) is 0 Å². The van der Waals surface area contributed by atoms with Crippen LogP contribution in [0.3, 0.4) is 0 Å². The van der Waals surface area contributed by atoms with E-state index in [9.17, 15) is 5.11 Å². The lowest BCUT2D eigenvalue weighted by Gasteiger charge is -2.41. The molecule has 0 spiro atoms. The molecule has 2 fully saturated rings. The molecule has 2 heterocycles. The lowest BCUT2D eigenvalue weighted by molar-refractivity contribution is 0.211. The molecule has 0 aliphatic carbocycles. The van der Waals surface area contributed by atoms with Crippen LogP contribution in [0.5, 0.6) is 0 Å². The Morgan fingerprint density at radius 2 is 1.76 bits per heavy atom. The van der Waals surface area contributed by atoms with Crippen molar-refractivity contribution in [3.63, 3.8) is 0 Å². The van der Waals surface area contributed by atoms with Crippen LogP contribution in [0, 0.1) is 0 Å². The van der Waals surface area contributed by atoms with Crippen molar-refractivity contribution in [1.82, 2.24) is 4.90 Å². The normalized spacial score (nSPS) is 26.4. The molecule has 1 aromatic carbocycles. The fraction of sp³-hybridized carbons (Fsp3) is 0.667. The summed E-state index contributed by atoms with van der Waals surface area (Å²) >= 11 is 0. The van der Waals surface area contributed by atoms with Gasteiger partial charge in [0.25, 0.3) is 0 Å². The molecule has 2 atom stereocenters. The van der Waals surface area contributed by atoms with Gasteiger partial charge in [0.15, 0.2) is 0 Å². The minimum absolute atomic E-state index is 0.126. The van der Waals surface area contributed by atoms with Crippen molar-refractivity contribution in [2.75, 3.05) is 25.0 Å². The Labute approximate surface area is 128 Å². The molecule has 2 saturated heterocycles. The minimum Gasteiger partial charge on any atom is -0.392 e. The van der Waals surface area contributed by atoms with E-state index in [0.717, 1.165) is 18.7 Å². The number of aliphatic hydroxyl groups excluding tert-OH is 1. The second kappa shape index (κ2) is 5.29. The molecule has 2 aliphatic rings. The maximum Gasteiger partial charge on any atom is 0.0702 e. The molecule has 1 aromatic rings. The Morgan fingerprint density at radius 3 is 2.29 bits per heavy atom. The summed E-state index contributed by atoms with van der Waals surface area (Å²) in [6.45, 7) is 8.97. The van der Waals surface area contributed by atoms with Crippen molar-refractivity contribution in [2.45, 2.75) is 57.7 Å². The third-order valence-corrected chi connectivity index (χ3v) is 5.30. The van der Waals surface area contributed by atoms with Gasteiger partial charge in [0.2, 0.25) is 0 Å². The number of likely N-dealkylation sites (N-methyl/N-ethyl adjacent to an activating group) is 1. The van der Waals surface area contributed by atoms with Crippen molar-refractivity contribution < 1.29 is 5.11 Å². The molecule has 2 unspecified atom stereocenters. The first-order valence-electron chi connectivity index (χ1n) is 8.11. The van der Waals surface area contributed by atoms with Crippen LogP contribution in [0.15, 0.2) is 18.2 Å². The van der Waals surface area contributed by atoms with Gasteiger partial charge < -0.3 is 10.0 Å². The molecule has 2 bridgehead atoms. The summed E-state index contributed by atoms with van der Waals surface area (Å²) in [7, 11) is 2.26. The highest BCUT2D eigenvalue weighted by atomic mass is 16.3. The molecule has 0 aromatic heterocycles. The number of hydrogen-bond acceptors (Lipinski definition) is 3. The van der Waals surface area contributed by atoms with Crippen LogP contribution in [-0.4, -0.2) is 42.2 Å². The number of fused-ring (bicyclic) bond motifs is 2. The molecule has 2 aliphatic heterocycles. The summed E-state index contributed by atoms with van der Waals surface area (Å²) in [5.74, 6) is 0. The van der Waals surface area contributed by atoms with Gasteiger partial charge in [0.05, 0.1) is 6.61 Å². The van der Waals surface area contributed by atoms with Crippen LogP contribution < -0.4 is 4.90 Å². The van der Waals surface area contributed by atoms with E-state index in [1.807, 2.05) is 0 Å². The molecular formula is C18H28N2O. The SMILES string of the molecule is CN1C2CCC1CN(c1ccc(C(C)(C)C)cc1CO)C2. The molecule has 116 valence electrons.